The Labute approximate surface area is 138 Å². The van der Waals surface area contributed by atoms with Gasteiger partial charge in [-0.05, 0) is 17.9 Å². The molecule has 2 aromatic rings. The summed E-state index contributed by atoms with van der Waals surface area (Å²) in [5, 5.41) is 18.1. The molecule has 0 spiro atoms. The summed E-state index contributed by atoms with van der Waals surface area (Å²) in [5.74, 6) is 0.544. The Bertz CT molecular complexity index is 752. The monoisotopic (exact) mass is 333 g/mol. The highest BCUT2D eigenvalue weighted by molar-refractivity contribution is 5.77. The molecule has 0 aliphatic carbocycles. The first-order valence-corrected chi connectivity index (χ1v) is 7.81. The zero-order valence-electron chi connectivity index (χ0n) is 13.4. The number of hydrogen-bond acceptors (Lipinski definition) is 7. The lowest BCUT2D eigenvalue weighted by molar-refractivity contribution is -0.391. The summed E-state index contributed by atoms with van der Waals surface area (Å²) < 4.78 is 1.25. The third-order valence-corrected chi connectivity index (χ3v) is 3.95. The van der Waals surface area contributed by atoms with Gasteiger partial charge in [0.2, 0.25) is 11.6 Å². The Hall–Kier alpha value is -2.75. The van der Waals surface area contributed by atoms with E-state index in [0.29, 0.717) is 37.6 Å². The fraction of sp³-hybridized carbons (Fsp3) is 0.500. The van der Waals surface area contributed by atoms with Crippen LogP contribution in [0.25, 0.3) is 5.65 Å². The van der Waals surface area contributed by atoms with Gasteiger partial charge in [0, 0.05) is 38.8 Å². The number of anilines is 1. The van der Waals surface area contributed by atoms with E-state index < -0.39 is 4.92 Å². The second-order valence-electron chi connectivity index (χ2n) is 5.55. The maximum atomic E-state index is 11.6. The number of nitrogens with one attached hydrogen (secondary N) is 1. The Kier molecular flexibility index (Phi) is 4.56. The predicted molar refractivity (Wildman–Crippen MR) is 87.0 cm³/mol. The number of fused-ring (bicyclic) bond motifs is 1. The number of amides is 1. The van der Waals surface area contributed by atoms with Crippen molar-refractivity contribution in [3.63, 3.8) is 0 Å². The third kappa shape index (κ3) is 3.27. The van der Waals surface area contributed by atoms with Crippen LogP contribution in [0.1, 0.15) is 6.92 Å². The first-order valence-electron chi connectivity index (χ1n) is 7.81. The van der Waals surface area contributed by atoms with Crippen molar-refractivity contribution in [1.29, 1.82) is 0 Å². The number of carbonyl (C=O) groups is 1. The lowest BCUT2D eigenvalue weighted by Crippen LogP contribution is -2.49. The van der Waals surface area contributed by atoms with Gasteiger partial charge in [0.15, 0.2) is 5.82 Å². The highest BCUT2D eigenvalue weighted by atomic mass is 16.6. The molecule has 1 aliphatic heterocycles. The zero-order valence-corrected chi connectivity index (χ0v) is 13.4. The van der Waals surface area contributed by atoms with E-state index in [1.54, 1.807) is 6.07 Å². The zero-order chi connectivity index (χ0) is 17.1. The second kappa shape index (κ2) is 6.79. The van der Waals surface area contributed by atoms with Gasteiger partial charge in [-0.3, -0.25) is 9.69 Å². The largest absolute Gasteiger partial charge is 0.368 e. The van der Waals surface area contributed by atoms with Crippen LogP contribution in [0.5, 0.6) is 0 Å². The van der Waals surface area contributed by atoms with E-state index in [9.17, 15) is 14.9 Å². The fourth-order valence-corrected chi connectivity index (χ4v) is 2.74. The first-order chi connectivity index (χ1) is 11.6. The van der Waals surface area contributed by atoms with E-state index in [0.717, 1.165) is 13.1 Å². The molecule has 3 rings (SSSR count). The molecule has 24 heavy (non-hydrogen) atoms. The maximum absolute atomic E-state index is 11.6. The van der Waals surface area contributed by atoms with Crippen molar-refractivity contribution in [2.45, 2.75) is 6.92 Å². The smallest absolute Gasteiger partial charge is 0.358 e. The fourth-order valence-electron chi connectivity index (χ4n) is 2.74. The standard InChI is InChI=1S/C14H19N7O3/c1-2-15-13(22)10-18-5-7-19(8-6-18)12-4-3-11-16-9-14(21(23)24)20(11)17-12/h3-4,9H,2,5-8,10H2,1H3,(H,15,22). The summed E-state index contributed by atoms with van der Waals surface area (Å²) in [6.07, 6.45) is 1.20. The van der Waals surface area contributed by atoms with Crippen molar-refractivity contribution in [1.82, 2.24) is 24.8 Å². The summed E-state index contributed by atoms with van der Waals surface area (Å²) in [4.78, 5) is 30.3. The minimum atomic E-state index is -0.499. The van der Waals surface area contributed by atoms with Gasteiger partial charge >= 0.3 is 5.82 Å². The van der Waals surface area contributed by atoms with E-state index in [1.165, 1.54) is 10.7 Å². The number of rotatable bonds is 5. The summed E-state index contributed by atoms with van der Waals surface area (Å²) in [6.45, 7) is 5.81. The van der Waals surface area contributed by atoms with Gasteiger partial charge in [-0.15, -0.1) is 0 Å². The van der Waals surface area contributed by atoms with E-state index >= 15 is 0 Å². The van der Waals surface area contributed by atoms with Crippen LogP contribution in [0.3, 0.4) is 0 Å². The van der Waals surface area contributed by atoms with Gasteiger partial charge in [-0.1, -0.05) is 9.61 Å². The van der Waals surface area contributed by atoms with Crippen LogP contribution >= 0.6 is 0 Å². The Morgan fingerprint density at radius 1 is 1.33 bits per heavy atom. The SMILES string of the molecule is CCNC(=O)CN1CCN(c2ccc3ncc([N+](=O)[O-])n3n2)CC1. The maximum Gasteiger partial charge on any atom is 0.368 e. The lowest BCUT2D eigenvalue weighted by Gasteiger charge is -2.34. The molecule has 1 fully saturated rings. The number of piperazine rings is 1. The van der Waals surface area contributed by atoms with Crippen molar-refractivity contribution < 1.29 is 9.72 Å². The van der Waals surface area contributed by atoms with E-state index in [1.807, 2.05) is 13.0 Å². The molecule has 0 unspecified atom stereocenters. The van der Waals surface area contributed by atoms with Crippen molar-refractivity contribution in [3.8, 4) is 0 Å². The Morgan fingerprint density at radius 2 is 2.08 bits per heavy atom. The molecule has 0 aromatic carbocycles. The Morgan fingerprint density at radius 3 is 2.75 bits per heavy atom. The lowest BCUT2D eigenvalue weighted by atomic mass is 10.3. The van der Waals surface area contributed by atoms with Crippen LogP contribution in [0.4, 0.5) is 11.6 Å². The van der Waals surface area contributed by atoms with Gasteiger partial charge in [0.25, 0.3) is 0 Å². The van der Waals surface area contributed by atoms with Crippen LogP contribution in [-0.4, -0.2) is 69.6 Å². The predicted octanol–water partition coefficient (Wildman–Crippen LogP) is -0.104. The highest BCUT2D eigenvalue weighted by Crippen LogP contribution is 2.18. The molecule has 1 aliphatic rings. The number of carbonyl (C=O) groups excluding carboxylic acids is 1. The highest BCUT2D eigenvalue weighted by Gasteiger charge is 2.22. The summed E-state index contributed by atoms with van der Waals surface area (Å²) in [7, 11) is 0. The molecular formula is C14H19N7O3. The molecular weight excluding hydrogens is 314 g/mol. The topological polar surface area (TPSA) is 109 Å². The van der Waals surface area contributed by atoms with Crippen LogP contribution in [0.2, 0.25) is 0 Å². The molecule has 1 N–H and O–H groups in total. The summed E-state index contributed by atoms with van der Waals surface area (Å²) in [6, 6.07) is 3.53. The Balaban J connectivity index is 1.68. The number of nitrogens with zero attached hydrogens (tertiary/aromatic N) is 6. The molecule has 0 radical (unpaired) electrons. The van der Waals surface area contributed by atoms with Crippen molar-refractivity contribution in [2.24, 2.45) is 0 Å². The molecule has 2 aromatic heterocycles. The molecule has 1 amide bonds. The van der Waals surface area contributed by atoms with Crippen LogP contribution in [0, 0.1) is 10.1 Å². The molecule has 10 nitrogen and oxygen atoms in total. The summed E-state index contributed by atoms with van der Waals surface area (Å²) >= 11 is 0. The molecule has 3 heterocycles. The van der Waals surface area contributed by atoms with Gasteiger partial charge < -0.3 is 20.3 Å². The number of likely N-dealkylation sites (N-methyl/N-ethyl adjacent to an activating group) is 1. The van der Waals surface area contributed by atoms with Crippen molar-refractivity contribution in [3.05, 3.63) is 28.4 Å². The minimum absolute atomic E-state index is 0.0273. The van der Waals surface area contributed by atoms with Crippen molar-refractivity contribution in [2.75, 3.05) is 44.2 Å². The van der Waals surface area contributed by atoms with E-state index in [-0.39, 0.29) is 11.7 Å². The first kappa shape index (κ1) is 16.1. The van der Waals surface area contributed by atoms with Crippen LogP contribution in [-0.2, 0) is 4.79 Å². The average Bonchev–Trinajstić information content (AvgIpc) is 2.99. The third-order valence-electron chi connectivity index (χ3n) is 3.95. The number of nitro groups is 1. The number of imidazole rings is 1. The molecule has 0 atom stereocenters. The van der Waals surface area contributed by atoms with E-state index in [4.69, 9.17) is 0 Å². The quantitative estimate of drug-likeness (QED) is 0.601. The molecule has 128 valence electrons. The normalized spacial score (nSPS) is 15.6. The molecule has 10 heteroatoms. The van der Waals surface area contributed by atoms with Gasteiger partial charge in [-0.25, -0.2) is 4.98 Å². The van der Waals surface area contributed by atoms with E-state index in [2.05, 4.69) is 25.2 Å². The molecule has 0 saturated carbocycles. The van der Waals surface area contributed by atoms with Gasteiger partial charge in [-0.2, -0.15) is 0 Å². The molecule has 0 bridgehead atoms. The number of hydrogen-bond donors (Lipinski definition) is 1. The number of aromatic nitrogens is 3. The van der Waals surface area contributed by atoms with Crippen molar-refractivity contribution >= 4 is 23.2 Å². The van der Waals surface area contributed by atoms with Gasteiger partial charge in [0.05, 0.1) is 6.54 Å². The molecule has 1 saturated heterocycles. The van der Waals surface area contributed by atoms with Crippen LogP contribution < -0.4 is 10.2 Å². The minimum Gasteiger partial charge on any atom is -0.358 e. The van der Waals surface area contributed by atoms with Gasteiger partial charge in [0.1, 0.15) is 6.20 Å². The second-order valence-corrected chi connectivity index (χ2v) is 5.55. The average molecular weight is 333 g/mol. The van der Waals surface area contributed by atoms with Crippen LogP contribution in [0.15, 0.2) is 18.3 Å². The summed E-state index contributed by atoms with van der Waals surface area (Å²) in [5.41, 5.74) is 0.445.